The summed E-state index contributed by atoms with van der Waals surface area (Å²) in [7, 11) is 0. The van der Waals surface area contributed by atoms with Gasteiger partial charge in [0.15, 0.2) is 0 Å². The van der Waals surface area contributed by atoms with Crippen LogP contribution in [0.15, 0.2) is 42.2 Å². The summed E-state index contributed by atoms with van der Waals surface area (Å²) in [6.07, 6.45) is 5.37. The molecule has 0 fully saturated rings. The number of nitrogens with one attached hydrogen (secondary N) is 2. The second-order valence-electron chi connectivity index (χ2n) is 6.87. The maximum Gasteiger partial charge on any atom is 0.217 e. The lowest BCUT2D eigenvalue weighted by Gasteiger charge is -2.27. The SMILES string of the molecule is CCOc1ncccc1C(C)(C)c1cc(NCc2nccs2)c2n[nH]cc2n1. The third kappa shape index (κ3) is 3.43. The molecular formula is C20H22N6OS. The van der Waals surface area contributed by atoms with Gasteiger partial charge >= 0.3 is 0 Å². The summed E-state index contributed by atoms with van der Waals surface area (Å²) in [6.45, 7) is 7.42. The fourth-order valence-corrected chi connectivity index (χ4v) is 3.71. The third-order valence-corrected chi connectivity index (χ3v) is 5.46. The first-order chi connectivity index (χ1) is 13.6. The Labute approximate surface area is 167 Å². The van der Waals surface area contributed by atoms with Crippen LogP contribution in [0.25, 0.3) is 11.0 Å². The van der Waals surface area contributed by atoms with E-state index in [1.807, 2.05) is 36.8 Å². The molecule has 4 aromatic heterocycles. The Morgan fingerprint density at radius 3 is 2.93 bits per heavy atom. The van der Waals surface area contributed by atoms with Gasteiger partial charge in [-0.25, -0.2) is 15.0 Å². The average Bonchev–Trinajstić information content (AvgIpc) is 3.38. The smallest absolute Gasteiger partial charge is 0.217 e. The summed E-state index contributed by atoms with van der Waals surface area (Å²) in [6, 6.07) is 6.03. The van der Waals surface area contributed by atoms with E-state index in [4.69, 9.17) is 9.72 Å². The Morgan fingerprint density at radius 1 is 1.25 bits per heavy atom. The molecule has 28 heavy (non-hydrogen) atoms. The van der Waals surface area contributed by atoms with Crippen molar-refractivity contribution in [3.8, 4) is 5.88 Å². The lowest BCUT2D eigenvalue weighted by atomic mass is 9.81. The van der Waals surface area contributed by atoms with Gasteiger partial charge in [-0.05, 0) is 32.9 Å². The van der Waals surface area contributed by atoms with Crippen molar-refractivity contribution in [2.24, 2.45) is 0 Å². The summed E-state index contributed by atoms with van der Waals surface area (Å²) < 4.78 is 5.76. The molecule has 0 bridgehead atoms. The van der Waals surface area contributed by atoms with Crippen LogP contribution in [-0.4, -0.2) is 31.8 Å². The molecule has 4 aromatic rings. The number of nitrogens with zero attached hydrogens (tertiary/aromatic N) is 4. The topological polar surface area (TPSA) is 88.6 Å². The highest BCUT2D eigenvalue weighted by molar-refractivity contribution is 7.09. The number of pyridine rings is 2. The van der Waals surface area contributed by atoms with E-state index in [0.29, 0.717) is 19.0 Å². The van der Waals surface area contributed by atoms with Crippen LogP contribution in [0.2, 0.25) is 0 Å². The Morgan fingerprint density at radius 2 is 2.14 bits per heavy atom. The van der Waals surface area contributed by atoms with Gasteiger partial charge in [-0.3, -0.25) is 5.10 Å². The predicted octanol–water partition coefficient (Wildman–Crippen LogP) is 4.15. The van der Waals surface area contributed by atoms with Crippen LogP contribution in [0, 0.1) is 0 Å². The van der Waals surface area contributed by atoms with Crippen molar-refractivity contribution >= 4 is 28.1 Å². The molecule has 0 saturated heterocycles. The number of anilines is 1. The maximum atomic E-state index is 5.76. The first kappa shape index (κ1) is 18.4. The summed E-state index contributed by atoms with van der Waals surface area (Å²) in [5.41, 5.74) is 4.06. The van der Waals surface area contributed by atoms with Gasteiger partial charge in [0.25, 0.3) is 0 Å². The van der Waals surface area contributed by atoms with Crippen LogP contribution < -0.4 is 10.1 Å². The molecule has 0 aliphatic rings. The van der Waals surface area contributed by atoms with Gasteiger partial charge in [0.05, 0.1) is 24.5 Å². The summed E-state index contributed by atoms with van der Waals surface area (Å²) in [5, 5.41) is 13.7. The van der Waals surface area contributed by atoms with Gasteiger partial charge in [-0.15, -0.1) is 11.3 Å². The molecule has 7 nitrogen and oxygen atoms in total. The van der Waals surface area contributed by atoms with Crippen LogP contribution in [-0.2, 0) is 12.0 Å². The van der Waals surface area contributed by atoms with Crippen molar-refractivity contribution < 1.29 is 4.74 Å². The molecule has 2 N–H and O–H groups in total. The monoisotopic (exact) mass is 394 g/mol. The van der Waals surface area contributed by atoms with E-state index in [1.54, 1.807) is 17.5 Å². The number of rotatable bonds is 7. The minimum absolute atomic E-state index is 0.401. The molecule has 0 radical (unpaired) electrons. The molecule has 4 rings (SSSR count). The molecule has 0 atom stereocenters. The summed E-state index contributed by atoms with van der Waals surface area (Å²) >= 11 is 1.62. The lowest BCUT2D eigenvalue weighted by Crippen LogP contribution is -2.22. The van der Waals surface area contributed by atoms with Gasteiger partial charge in [-0.1, -0.05) is 6.07 Å². The zero-order valence-corrected chi connectivity index (χ0v) is 16.9. The first-order valence-electron chi connectivity index (χ1n) is 9.15. The Hall–Kier alpha value is -3.00. The molecule has 4 heterocycles. The molecule has 0 aliphatic heterocycles. The highest BCUT2D eigenvalue weighted by Gasteiger charge is 2.30. The molecule has 0 unspecified atom stereocenters. The van der Waals surface area contributed by atoms with Gasteiger partial charge < -0.3 is 10.1 Å². The Balaban J connectivity index is 1.75. The van der Waals surface area contributed by atoms with Crippen molar-refractivity contribution in [3.63, 3.8) is 0 Å². The summed E-state index contributed by atoms with van der Waals surface area (Å²) in [4.78, 5) is 13.6. The van der Waals surface area contributed by atoms with Gasteiger partial charge in [-0.2, -0.15) is 5.10 Å². The first-order valence-corrected chi connectivity index (χ1v) is 10.0. The van der Waals surface area contributed by atoms with E-state index >= 15 is 0 Å². The number of hydrogen-bond acceptors (Lipinski definition) is 7. The van der Waals surface area contributed by atoms with Crippen LogP contribution in [0.3, 0.4) is 0 Å². The minimum Gasteiger partial charge on any atom is -0.478 e. The quantitative estimate of drug-likeness (QED) is 0.490. The molecule has 144 valence electrons. The number of aromatic amines is 1. The van der Waals surface area contributed by atoms with E-state index in [-0.39, 0.29) is 0 Å². The van der Waals surface area contributed by atoms with Crippen LogP contribution in [0.1, 0.15) is 37.0 Å². The third-order valence-electron chi connectivity index (χ3n) is 4.68. The number of thiazole rings is 1. The Kier molecular flexibility index (Phi) is 4.95. The largest absolute Gasteiger partial charge is 0.478 e. The molecule has 0 aliphatic carbocycles. The number of ether oxygens (including phenoxy) is 1. The van der Waals surface area contributed by atoms with E-state index in [0.717, 1.165) is 33.0 Å². The number of hydrogen-bond donors (Lipinski definition) is 2. The second kappa shape index (κ2) is 7.55. The molecular weight excluding hydrogens is 372 g/mol. The molecule has 0 spiro atoms. The maximum absolute atomic E-state index is 5.76. The molecule has 8 heteroatoms. The number of aromatic nitrogens is 5. The summed E-state index contributed by atoms with van der Waals surface area (Å²) in [5.74, 6) is 0.640. The number of H-pyrrole nitrogens is 1. The normalized spacial score (nSPS) is 11.7. The molecule has 0 aromatic carbocycles. The van der Waals surface area contributed by atoms with Gasteiger partial charge in [0.1, 0.15) is 16.0 Å². The highest BCUT2D eigenvalue weighted by Crippen LogP contribution is 2.37. The fraction of sp³-hybridized carbons (Fsp3) is 0.300. The molecule has 0 amide bonds. The van der Waals surface area contributed by atoms with Gasteiger partial charge in [0.2, 0.25) is 5.88 Å². The van der Waals surface area contributed by atoms with Gasteiger partial charge in [0, 0.05) is 34.9 Å². The van der Waals surface area contributed by atoms with Crippen molar-refractivity contribution in [2.45, 2.75) is 32.7 Å². The second-order valence-corrected chi connectivity index (χ2v) is 7.85. The lowest BCUT2D eigenvalue weighted by molar-refractivity contribution is 0.317. The standard InChI is InChI=1S/C20H22N6OS/c1-4-27-19-13(6-5-7-22-19)20(2,3)16-10-14(18-15(25-16)11-24-26-18)23-12-17-21-8-9-28-17/h5-11H,4,12H2,1-3H3,(H,23,25)(H,24,26). The zero-order chi connectivity index (χ0) is 19.6. The Bertz CT molecular complexity index is 1070. The minimum atomic E-state index is -0.401. The van der Waals surface area contributed by atoms with Crippen LogP contribution in [0.4, 0.5) is 5.69 Å². The highest BCUT2D eigenvalue weighted by atomic mass is 32.1. The predicted molar refractivity (Wildman–Crippen MR) is 111 cm³/mol. The van der Waals surface area contributed by atoms with Crippen LogP contribution in [0.5, 0.6) is 5.88 Å². The van der Waals surface area contributed by atoms with Crippen molar-refractivity contribution in [2.75, 3.05) is 11.9 Å². The van der Waals surface area contributed by atoms with Crippen molar-refractivity contribution in [3.05, 3.63) is 58.4 Å². The zero-order valence-electron chi connectivity index (χ0n) is 16.1. The van der Waals surface area contributed by atoms with Crippen molar-refractivity contribution in [1.82, 2.24) is 25.1 Å². The van der Waals surface area contributed by atoms with Crippen molar-refractivity contribution in [1.29, 1.82) is 0 Å². The van der Waals surface area contributed by atoms with E-state index in [1.165, 1.54) is 0 Å². The van der Waals surface area contributed by atoms with E-state index in [9.17, 15) is 0 Å². The van der Waals surface area contributed by atoms with E-state index in [2.05, 4.69) is 45.4 Å². The fourth-order valence-electron chi connectivity index (χ4n) is 3.16. The molecule has 0 saturated carbocycles. The average molecular weight is 395 g/mol. The van der Waals surface area contributed by atoms with E-state index < -0.39 is 5.41 Å². The number of fused-ring (bicyclic) bond motifs is 1. The van der Waals surface area contributed by atoms with Crippen LogP contribution >= 0.6 is 11.3 Å².